The molecule has 0 aliphatic carbocycles. The number of benzene rings is 1. The van der Waals surface area contributed by atoms with Crippen LogP contribution >= 0.6 is 0 Å². The molecule has 1 aromatic heterocycles. The number of rotatable bonds is 1. The van der Waals surface area contributed by atoms with Gasteiger partial charge in [0, 0.05) is 19.2 Å². The summed E-state index contributed by atoms with van der Waals surface area (Å²) < 4.78 is 5.02. The summed E-state index contributed by atoms with van der Waals surface area (Å²) in [7, 11) is 0. The van der Waals surface area contributed by atoms with E-state index in [4.69, 9.17) is 10.2 Å². The molecule has 0 bridgehead atoms. The van der Waals surface area contributed by atoms with E-state index in [1.54, 1.807) is 6.07 Å². The van der Waals surface area contributed by atoms with E-state index in [0.29, 0.717) is 28.6 Å². The number of anilines is 2. The molecule has 1 fully saturated rings. The van der Waals surface area contributed by atoms with E-state index >= 15 is 0 Å². The Morgan fingerprint density at radius 2 is 2.00 bits per heavy atom. The van der Waals surface area contributed by atoms with Crippen LogP contribution in [0.2, 0.25) is 0 Å². The molecular weight excluding hydrogens is 242 g/mol. The monoisotopic (exact) mass is 261 g/mol. The molecule has 2 heterocycles. The Bertz CT molecular complexity index is 648. The van der Waals surface area contributed by atoms with Gasteiger partial charge in [-0.3, -0.25) is 4.98 Å². The van der Waals surface area contributed by atoms with Crippen molar-refractivity contribution in [2.24, 2.45) is 11.8 Å². The topological polar surface area (TPSA) is 75.3 Å². The van der Waals surface area contributed by atoms with Gasteiger partial charge < -0.3 is 15.1 Å². The number of oxazole rings is 1. The van der Waals surface area contributed by atoms with E-state index in [9.17, 15) is 4.79 Å². The van der Waals surface area contributed by atoms with E-state index in [0.717, 1.165) is 18.8 Å². The molecule has 0 spiro atoms. The predicted octanol–water partition coefficient (Wildman–Crippen LogP) is 2.19. The molecule has 2 unspecified atom stereocenters. The second-order valence-corrected chi connectivity index (χ2v) is 5.77. The van der Waals surface area contributed by atoms with Crippen LogP contribution in [0.4, 0.5) is 11.4 Å². The van der Waals surface area contributed by atoms with Gasteiger partial charge in [-0.2, -0.15) is 0 Å². The van der Waals surface area contributed by atoms with Crippen molar-refractivity contribution in [3.8, 4) is 0 Å². The fourth-order valence-electron chi connectivity index (χ4n) is 3.14. The molecule has 0 amide bonds. The Morgan fingerprint density at radius 3 is 2.68 bits per heavy atom. The van der Waals surface area contributed by atoms with Crippen LogP contribution in [-0.2, 0) is 0 Å². The standard InChI is InChI=1S/C14H19N3O2/c1-8-3-9(2)7-17(6-8)12-5-11-13(4-10(12)15)19-14(18)16-11/h4-5,8-9H,3,6-7,15H2,1-2H3,(H,16,18). The number of hydrogen-bond acceptors (Lipinski definition) is 4. The van der Waals surface area contributed by atoms with Crippen molar-refractivity contribution in [2.45, 2.75) is 20.3 Å². The normalized spacial score (nSPS) is 24.0. The second kappa shape index (κ2) is 4.33. The summed E-state index contributed by atoms with van der Waals surface area (Å²) in [6.07, 6.45) is 1.25. The van der Waals surface area contributed by atoms with Gasteiger partial charge in [0.1, 0.15) is 0 Å². The minimum absolute atomic E-state index is 0.438. The fraction of sp³-hybridized carbons (Fsp3) is 0.500. The quantitative estimate of drug-likeness (QED) is 0.771. The first-order chi connectivity index (χ1) is 9.02. The van der Waals surface area contributed by atoms with Gasteiger partial charge in [-0.05, 0) is 24.3 Å². The highest BCUT2D eigenvalue weighted by Gasteiger charge is 2.23. The number of piperidine rings is 1. The molecule has 1 aliphatic heterocycles. The van der Waals surface area contributed by atoms with Crippen LogP contribution in [-0.4, -0.2) is 18.1 Å². The summed E-state index contributed by atoms with van der Waals surface area (Å²) >= 11 is 0. The third-order valence-corrected chi connectivity index (χ3v) is 3.78. The number of aromatic amines is 1. The average Bonchev–Trinajstić information content (AvgIpc) is 2.65. The fourth-order valence-corrected chi connectivity index (χ4v) is 3.14. The van der Waals surface area contributed by atoms with Gasteiger partial charge in [-0.1, -0.05) is 13.8 Å². The number of nitrogen functional groups attached to an aromatic ring is 1. The first-order valence-electron chi connectivity index (χ1n) is 6.70. The lowest BCUT2D eigenvalue weighted by atomic mass is 9.91. The van der Waals surface area contributed by atoms with Crippen molar-refractivity contribution in [3.63, 3.8) is 0 Å². The Kier molecular flexibility index (Phi) is 2.77. The van der Waals surface area contributed by atoms with Crippen molar-refractivity contribution in [3.05, 3.63) is 22.7 Å². The zero-order chi connectivity index (χ0) is 13.6. The van der Waals surface area contributed by atoms with Crippen molar-refractivity contribution < 1.29 is 4.42 Å². The molecule has 1 saturated heterocycles. The van der Waals surface area contributed by atoms with E-state index in [2.05, 4.69) is 23.7 Å². The van der Waals surface area contributed by atoms with Crippen LogP contribution in [0.25, 0.3) is 11.1 Å². The van der Waals surface area contributed by atoms with Crippen LogP contribution < -0.4 is 16.4 Å². The van der Waals surface area contributed by atoms with Crippen molar-refractivity contribution in [2.75, 3.05) is 23.7 Å². The van der Waals surface area contributed by atoms with Crippen molar-refractivity contribution in [1.29, 1.82) is 0 Å². The number of H-pyrrole nitrogens is 1. The minimum atomic E-state index is -0.438. The van der Waals surface area contributed by atoms with E-state index in [1.807, 2.05) is 6.07 Å². The third kappa shape index (κ3) is 2.20. The first kappa shape index (κ1) is 12.1. The molecule has 0 radical (unpaired) electrons. The SMILES string of the molecule is CC1CC(C)CN(c2cc3[nH]c(=O)oc3cc2N)C1. The van der Waals surface area contributed by atoms with Crippen LogP contribution in [0.5, 0.6) is 0 Å². The van der Waals surface area contributed by atoms with Gasteiger partial charge in [0.05, 0.1) is 16.9 Å². The number of hydrogen-bond donors (Lipinski definition) is 2. The van der Waals surface area contributed by atoms with E-state index in [-0.39, 0.29) is 0 Å². The molecule has 1 aliphatic rings. The summed E-state index contributed by atoms with van der Waals surface area (Å²) in [6.45, 7) is 6.53. The highest BCUT2D eigenvalue weighted by Crippen LogP contribution is 2.32. The molecule has 2 atom stereocenters. The van der Waals surface area contributed by atoms with Gasteiger partial charge in [-0.15, -0.1) is 0 Å². The van der Waals surface area contributed by atoms with Crippen molar-refractivity contribution >= 4 is 22.5 Å². The number of aromatic nitrogens is 1. The second-order valence-electron chi connectivity index (χ2n) is 5.77. The van der Waals surface area contributed by atoms with Crippen LogP contribution in [0, 0.1) is 11.8 Å². The highest BCUT2D eigenvalue weighted by molar-refractivity contribution is 5.85. The molecule has 0 saturated carbocycles. The lowest BCUT2D eigenvalue weighted by Crippen LogP contribution is -2.39. The van der Waals surface area contributed by atoms with E-state index in [1.165, 1.54) is 6.42 Å². The molecule has 3 rings (SSSR count). The first-order valence-corrected chi connectivity index (χ1v) is 6.70. The van der Waals surface area contributed by atoms with Crippen molar-refractivity contribution in [1.82, 2.24) is 4.98 Å². The maximum atomic E-state index is 11.2. The predicted molar refractivity (Wildman–Crippen MR) is 76.4 cm³/mol. The molecule has 1 aromatic carbocycles. The number of nitrogens with zero attached hydrogens (tertiary/aromatic N) is 1. The number of fused-ring (bicyclic) bond motifs is 1. The van der Waals surface area contributed by atoms with Crippen LogP contribution in [0.15, 0.2) is 21.3 Å². The zero-order valence-corrected chi connectivity index (χ0v) is 11.3. The summed E-state index contributed by atoms with van der Waals surface area (Å²) in [4.78, 5) is 16.2. The molecule has 102 valence electrons. The van der Waals surface area contributed by atoms with Crippen LogP contribution in [0.1, 0.15) is 20.3 Å². The molecule has 2 aromatic rings. The largest absolute Gasteiger partial charge is 0.417 e. The molecule has 5 nitrogen and oxygen atoms in total. The van der Waals surface area contributed by atoms with Gasteiger partial charge in [-0.25, -0.2) is 4.79 Å². The van der Waals surface area contributed by atoms with Gasteiger partial charge >= 0.3 is 5.76 Å². The smallest absolute Gasteiger partial charge is 0.408 e. The Hall–Kier alpha value is -1.91. The van der Waals surface area contributed by atoms with Crippen LogP contribution in [0.3, 0.4) is 0 Å². The number of nitrogens with one attached hydrogen (secondary N) is 1. The highest BCUT2D eigenvalue weighted by atomic mass is 16.4. The lowest BCUT2D eigenvalue weighted by molar-refractivity contribution is 0.357. The Labute approximate surface area is 111 Å². The average molecular weight is 261 g/mol. The number of nitrogens with two attached hydrogens (primary N) is 1. The molecule has 5 heteroatoms. The Balaban J connectivity index is 2.03. The van der Waals surface area contributed by atoms with Gasteiger partial charge in [0.15, 0.2) is 5.58 Å². The molecular formula is C14H19N3O2. The summed E-state index contributed by atoms with van der Waals surface area (Å²) in [5.74, 6) is 0.872. The Morgan fingerprint density at radius 1 is 1.32 bits per heavy atom. The summed E-state index contributed by atoms with van der Waals surface area (Å²) in [5.41, 5.74) is 8.98. The molecule has 19 heavy (non-hydrogen) atoms. The molecule has 3 N–H and O–H groups in total. The van der Waals surface area contributed by atoms with Gasteiger partial charge in [0.2, 0.25) is 0 Å². The summed E-state index contributed by atoms with van der Waals surface area (Å²) in [6, 6.07) is 3.65. The lowest BCUT2D eigenvalue weighted by Gasteiger charge is -2.37. The minimum Gasteiger partial charge on any atom is -0.408 e. The maximum Gasteiger partial charge on any atom is 0.417 e. The third-order valence-electron chi connectivity index (χ3n) is 3.78. The van der Waals surface area contributed by atoms with E-state index < -0.39 is 5.76 Å². The maximum absolute atomic E-state index is 11.2. The zero-order valence-electron chi connectivity index (χ0n) is 11.3. The van der Waals surface area contributed by atoms with Gasteiger partial charge in [0.25, 0.3) is 0 Å². The summed E-state index contributed by atoms with van der Waals surface area (Å²) in [5, 5.41) is 0.